The van der Waals surface area contributed by atoms with E-state index in [4.69, 9.17) is 34.8 Å². The van der Waals surface area contributed by atoms with Crippen LogP contribution in [0.1, 0.15) is 16.0 Å². The van der Waals surface area contributed by atoms with Crippen molar-refractivity contribution in [1.82, 2.24) is 4.98 Å². The summed E-state index contributed by atoms with van der Waals surface area (Å²) in [5, 5.41) is 4.91. The van der Waals surface area contributed by atoms with E-state index in [1.54, 1.807) is 24.4 Å². The molecule has 0 bridgehead atoms. The lowest BCUT2D eigenvalue weighted by atomic mass is 10.1. The van der Waals surface area contributed by atoms with Gasteiger partial charge in [0, 0.05) is 28.6 Å². The number of halogens is 3. The number of nitrogens with zero attached hydrogens (tertiary/aromatic N) is 1. The quantitative estimate of drug-likeness (QED) is 0.486. The fraction of sp³-hybridized carbons (Fsp3) is 0.0526. The maximum atomic E-state index is 12.1. The Morgan fingerprint density at radius 1 is 1.08 bits per heavy atom. The molecule has 132 valence electrons. The summed E-state index contributed by atoms with van der Waals surface area (Å²) in [6.07, 6.45) is 5.41. The molecule has 7 heteroatoms. The average molecular weight is 424 g/mol. The van der Waals surface area contributed by atoms with E-state index in [0.717, 1.165) is 16.0 Å². The molecule has 3 aromatic rings. The van der Waals surface area contributed by atoms with Crippen LogP contribution in [0.4, 0.5) is 5.13 Å². The minimum absolute atomic E-state index is 0.272. The summed E-state index contributed by atoms with van der Waals surface area (Å²) in [5.41, 5.74) is 1.69. The van der Waals surface area contributed by atoms with Gasteiger partial charge in [-0.2, -0.15) is 0 Å². The van der Waals surface area contributed by atoms with E-state index in [1.807, 2.05) is 30.3 Å². The SMILES string of the molecule is O=C(C=Cc1ccccc1Cl)Nc1ncc(Cc2cccc(Cl)c2Cl)s1. The highest BCUT2D eigenvalue weighted by Gasteiger charge is 2.09. The number of carbonyl (C=O) groups is 1. The van der Waals surface area contributed by atoms with Gasteiger partial charge in [0.15, 0.2) is 5.13 Å². The Kier molecular flexibility index (Phi) is 6.33. The standard InChI is InChI=1S/C19H13Cl3N2OS/c20-15-6-2-1-4-12(15)8-9-17(25)24-19-23-11-14(26-19)10-13-5-3-7-16(21)18(13)22/h1-9,11H,10H2,(H,23,24,25). The van der Waals surface area contributed by atoms with Crippen LogP contribution >= 0.6 is 46.1 Å². The minimum Gasteiger partial charge on any atom is -0.298 e. The van der Waals surface area contributed by atoms with E-state index >= 15 is 0 Å². The van der Waals surface area contributed by atoms with Gasteiger partial charge in [0.1, 0.15) is 0 Å². The van der Waals surface area contributed by atoms with Crippen molar-refractivity contribution >= 4 is 63.3 Å². The third-order valence-corrected chi connectivity index (χ3v) is 5.61. The number of hydrogen-bond donors (Lipinski definition) is 1. The number of benzene rings is 2. The van der Waals surface area contributed by atoms with Crippen molar-refractivity contribution < 1.29 is 4.79 Å². The van der Waals surface area contributed by atoms with E-state index < -0.39 is 0 Å². The molecule has 1 aromatic heterocycles. The van der Waals surface area contributed by atoms with Crippen molar-refractivity contribution in [2.75, 3.05) is 5.32 Å². The van der Waals surface area contributed by atoms with Gasteiger partial charge >= 0.3 is 0 Å². The van der Waals surface area contributed by atoms with Gasteiger partial charge in [0.2, 0.25) is 5.91 Å². The van der Waals surface area contributed by atoms with Crippen LogP contribution in [0.15, 0.2) is 54.7 Å². The Hall–Kier alpha value is -1.85. The Balaban J connectivity index is 1.64. The first-order valence-corrected chi connectivity index (χ1v) is 9.59. The second-order valence-corrected chi connectivity index (χ2v) is 7.67. The van der Waals surface area contributed by atoms with Crippen molar-refractivity contribution in [2.45, 2.75) is 6.42 Å². The number of amides is 1. The molecular weight excluding hydrogens is 411 g/mol. The summed E-state index contributed by atoms with van der Waals surface area (Å²) >= 11 is 19.7. The predicted molar refractivity (Wildman–Crippen MR) is 110 cm³/mol. The molecule has 26 heavy (non-hydrogen) atoms. The maximum absolute atomic E-state index is 12.1. The van der Waals surface area contributed by atoms with Gasteiger partial charge in [-0.1, -0.05) is 65.1 Å². The van der Waals surface area contributed by atoms with Crippen LogP contribution < -0.4 is 5.32 Å². The smallest absolute Gasteiger partial charge is 0.250 e. The number of thiazole rings is 1. The van der Waals surface area contributed by atoms with Gasteiger partial charge < -0.3 is 0 Å². The molecule has 1 heterocycles. The third-order valence-electron chi connectivity index (χ3n) is 3.50. The zero-order valence-electron chi connectivity index (χ0n) is 13.4. The van der Waals surface area contributed by atoms with Crippen LogP contribution in [0.3, 0.4) is 0 Å². The Morgan fingerprint density at radius 3 is 2.65 bits per heavy atom. The van der Waals surface area contributed by atoms with Crippen LogP contribution in [0.5, 0.6) is 0 Å². The molecule has 3 rings (SSSR count). The average Bonchev–Trinajstić information content (AvgIpc) is 3.05. The lowest BCUT2D eigenvalue weighted by Gasteiger charge is -2.03. The summed E-state index contributed by atoms with van der Waals surface area (Å²) < 4.78 is 0. The van der Waals surface area contributed by atoms with Gasteiger partial charge in [-0.3, -0.25) is 10.1 Å². The second kappa shape index (κ2) is 8.69. The first-order chi connectivity index (χ1) is 12.5. The number of rotatable bonds is 5. The number of nitrogens with one attached hydrogen (secondary N) is 1. The molecule has 1 N–H and O–H groups in total. The van der Waals surface area contributed by atoms with E-state index in [-0.39, 0.29) is 5.91 Å². The number of anilines is 1. The van der Waals surface area contributed by atoms with E-state index in [0.29, 0.717) is 26.6 Å². The van der Waals surface area contributed by atoms with Crippen molar-refractivity contribution in [1.29, 1.82) is 0 Å². The summed E-state index contributed by atoms with van der Waals surface area (Å²) in [7, 11) is 0. The topological polar surface area (TPSA) is 42.0 Å². The van der Waals surface area contributed by atoms with Crippen LogP contribution in [-0.2, 0) is 11.2 Å². The number of carbonyl (C=O) groups excluding carboxylic acids is 1. The van der Waals surface area contributed by atoms with Crippen LogP contribution in [-0.4, -0.2) is 10.9 Å². The molecule has 1 amide bonds. The maximum Gasteiger partial charge on any atom is 0.250 e. The van der Waals surface area contributed by atoms with E-state index in [9.17, 15) is 4.79 Å². The summed E-state index contributed by atoms with van der Waals surface area (Å²) in [5.74, 6) is -0.272. The zero-order chi connectivity index (χ0) is 18.5. The van der Waals surface area contributed by atoms with Gasteiger partial charge in [-0.15, -0.1) is 11.3 Å². The van der Waals surface area contributed by atoms with E-state index in [1.165, 1.54) is 17.4 Å². The molecule has 0 aliphatic rings. The Morgan fingerprint density at radius 2 is 1.85 bits per heavy atom. The zero-order valence-corrected chi connectivity index (χ0v) is 16.5. The normalized spacial score (nSPS) is 11.0. The molecule has 0 fully saturated rings. The largest absolute Gasteiger partial charge is 0.298 e. The third kappa shape index (κ3) is 4.86. The Labute approximate surface area is 170 Å². The van der Waals surface area contributed by atoms with Crippen LogP contribution in [0.25, 0.3) is 6.08 Å². The van der Waals surface area contributed by atoms with Gasteiger partial charge in [0.25, 0.3) is 0 Å². The number of hydrogen-bond acceptors (Lipinski definition) is 3. The predicted octanol–water partition coefficient (Wildman–Crippen LogP) is 6.35. The molecule has 0 radical (unpaired) electrons. The van der Waals surface area contributed by atoms with Crippen molar-refractivity contribution in [3.63, 3.8) is 0 Å². The molecule has 0 spiro atoms. The molecule has 2 aromatic carbocycles. The first-order valence-electron chi connectivity index (χ1n) is 7.64. The fourth-order valence-corrected chi connectivity index (χ4v) is 3.67. The Bertz CT molecular complexity index is 969. The van der Waals surface area contributed by atoms with Crippen molar-refractivity contribution in [3.8, 4) is 0 Å². The molecule has 0 saturated heterocycles. The molecule has 0 saturated carbocycles. The van der Waals surface area contributed by atoms with Gasteiger partial charge in [-0.05, 0) is 29.3 Å². The highest BCUT2D eigenvalue weighted by molar-refractivity contribution is 7.15. The lowest BCUT2D eigenvalue weighted by molar-refractivity contribution is -0.111. The van der Waals surface area contributed by atoms with Crippen LogP contribution in [0.2, 0.25) is 15.1 Å². The van der Waals surface area contributed by atoms with Crippen molar-refractivity contribution in [2.24, 2.45) is 0 Å². The number of aromatic nitrogens is 1. The fourth-order valence-electron chi connectivity index (χ4n) is 2.24. The van der Waals surface area contributed by atoms with Gasteiger partial charge in [-0.25, -0.2) is 4.98 Å². The first kappa shape index (κ1) is 18.9. The molecule has 0 atom stereocenters. The highest BCUT2D eigenvalue weighted by atomic mass is 35.5. The summed E-state index contributed by atoms with van der Waals surface area (Å²) in [4.78, 5) is 17.2. The van der Waals surface area contributed by atoms with Crippen molar-refractivity contribution in [3.05, 3.63) is 85.8 Å². The molecule has 0 aliphatic heterocycles. The monoisotopic (exact) mass is 422 g/mol. The molecule has 0 aliphatic carbocycles. The van der Waals surface area contributed by atoms with E-state index in [2.05, 4.69) is 10.3 Å². The molecule has 3 nitrogen and oxygen atoms in total. The van der Waals surface area contributed by atoms with Crippen LogP contribution in [0, 0.1) is 0 Å². The minimum atomic E-state index is -0.272. The lowest BCUT2D eigenvalue weighted by Crippen LogP contribution is -2.07. The van der Waals surface area contributed by atoms with Gasteiger partial charge in [0.05, 0.1) is 10.0 Å². The molecule has 0 unspecified atom stereocenters. The summed E-state index contributed by atoms with van der Waals surface area (Å²) in [6, 6.07) is 12.8. The highest BCUT2D eigenvalue weighted by Crippen LogP contribution is 2.29. The summed E-state index contributed by atoms with van der Waals surface area (Å²) in [6.45, 7) is 0. The molecular formula is C19H13Cl3N2OS. The second-order valence-electron chi connectivity index (χ2n) is 5.37.